The fourth-order valence-corrected chi connectivity index (χ4v) is 1.31. The van der Waals surface area contributed by atoms with Gasteiger partial charge in [-0.2, -0.15) is 0 Å². The number of hydrogen-bond donors (Lipinski definition) is 1. The van der Waals surface area contributed by atoms with Crippen molar-refractivity contribution in [3.8, 4) is 0 Å². The standard InChI is InChI=1S/C9H13Cl4NO3/c1-6(3-2-4-7(10)15)14-8(16)17-5-9(11,12)13/h6H,2-5H2,1H3,(H,14,16). The zero-order chi connectivity index (χ0) is 13.5. The number of amides is 1. The van der Waals surface area contributed by atoms with Crippen molar-refractivity contribution in [1.82, 2.24) is 5.32 Å². The van der Waals surface area contributed by atoms with Crippen molar-refractivity contribution in [3.63, 3.8) is 0 Å². The third kappa shape index (κ3) is 12.3. The summed E-state index contributed by atoms with van der Waals surface area (Å²) >= 11 is 21.4. The summed E-state index contributed by atoms with van der Waals surface area (Å²) in [6.45, 7) is 1.45. The number of alkyl carbamates (subject to hydrolysis) is 1. The van der Waals surface area contributed by atoms with E-state index in [1.54, 1.807) is 6.92 Å². The molecule has 0 aliphatic heterocycles. The van der Waals surface area contributed by atoms with Gasteiger partial charge in [-0.25, -0.2) is 4.79 Å². The van der Waals surface area contributed by atoms with Crippen LogP contribution in [0.2, 0.25) is 0 Å². The summed E-state index contributed by atoms with van der Waals surface area (Å²) in [7, 11) is 0. The van der Waals surface area contributed by atoms with Gasteiger partial charge in [-0.1, -0.05) is 34.8 Å². The monoisotopic (exact) mass is 323 g/mol. The van der Waals surface area contributed by atoms with Crippen LogP contribution in [0, 0.1) is 0 Å². The van der Waals surface area contributed by atoms with Gasteiger partial charge < -0.3 is 10.1 Å². The van der Waals surface area contributed by atoms with Crippen molar-refractivity contribution in [2.24, 2.45) is 0 Å². The highest BCUT2D eigenvalue weighted by Crippen LogP contribution is 2.25. The predicted molar refractivity (Wildman–Crippen MR) is 68.9 cm³/mol. The third-order valence-electron chi connectivity index (χ3n) is 1.74. The van der Waals surface area contributed by atoms with Crippen molar-refractivity contribution in [1.29, 1.82) is 0 Å². The van der Waals surface area contributed by atoms with Gasteiger partial charge in [0.1, 0.15) is 6.61 Å². The van der Waals surface area contributed by atoms with Crippen LogP contribution in [-0.4, -0.2) is 27.8 Å². The molecule has 100 valence electrons. The summed E-state index contributed by atoms with van der Waals surface area (Å²) in [6, 6.07) is -0.145. The number of alkyl halides is 3. The summed E-state index contributed by atoms with van der Waals surface area (Å²) in [5.74, 6) is 0. The van der Waals surface area contributed by atoms with E-state index in [1.807, 2.05) is 0 Å². The lowest BCUT2D eigenvalue weighted by Gasteiger charge is -2.15. The lowest BCUT2D eigenvalue weighted by Crippen LogP contribution is -2.34. The molecule has 0 aliphatic rings. The molecule has 1 amide bonds. The Kier molecular flexibility index (Phi) is 8.29. The predicted octanol–water partition coefficient (Wildman–Crippen LogP) is 3.41. The molecule has 0 aromatic heterocycles. The molecule has 0 spiro atoms. The Morgan fingerprint density at radius 1 is 1.35 bits per heavy atom. The summed E-state index contributed by atoms with van der Waals surface area (Å²) in [6.07, 6.45) is 0.813. The topological polar surface area (TPSA) is 55.4 Å². The molecule has 8 heteroatoms. The van der Waals surface area contributed by atoms with Gasteiger partial charge in [0.05, 0.1) is 0 Å². The average Bonchev–Trinajstić information content (AvgIpc) is 2.13. The maximum absolute atomic E-state index is 11.2. The van der Waals surface area contributed by atoms with Gasteiger partial charge in [0, 0.05) is 12.5 Å². The molecule has 0 radical (unpaired) electrons. The van der Waals surface area contributed by atoms with Crippen molar-refractivity contribution >= 4 is 57.7 Å². The van der Waals surface area contributed by atoms with Crippen molar-refractivity contribution < 1.29 is 14.3 Å². The maximum Gasteiger partial charge on any atom is 0.407 e. The van der Waals surface area contributed by atoms with Crippen LogP contribution in [0.3, 0.4) is 0 Å². The van der Waals surface area contributed by atoms with Gasteiger partial charge in [0.25, 0.3) is 0 Å². The number of hydrogen-bond acceptors (Lipinski definition) is 3. The molecular weight excluding hydrogens is 312 g/mol. The summed E-state index contributed by atoms with van der Waals surface area (Å²) < 4.78 is 3.05. The van der Waals surface area contributed by atoms with Crippen molar-refractivity contribution in [2.45, 2.75) is 36.0 Å². The number of nitrogens with one attached hydrogen (secondary N) is 1. The molecule has 17 heavy (non-hydrogen) atoms. The van der Waals surface area contributed by atoms with E-state index in [2.05, 4.69) is 10.1 Å². The largest absolute Gasteiger partial charge is 0.445 e. The molecule has 0 aromatic carbocycles. The van der Waals surface area contributed by atoms with Gasteiger partial charge >= 0.3 is 6.09 Å². The molecule has 0 bridgehead atoms. The van der Waals surface area contributed by atoms with Gasteiger partial charge in [0.2, 0.25) is 9.03 Å². The van der Waals surface area contributed by atoms with Crippen LogP contribution in [0.4, 0.5) is 4.79 Å². The minimum Gasteiger partial charge on any atom is -0.445 e. The van der Waals surface area contributed by atoms with Crippen LogP contribution in [-0.2, 0) is 9.53 Å². The fourth-order valence-electron chi connectivity index (χ4n) is 1.01. The molecular formula is C9H13Cl4NO3. The maximum atomic E-state index is 11.2. The van der Waals surface area contributed by atoms with Crippen molar-refractivity contribution in [2.75, 3.05) is 6.61 Å². The minimum atomic E-state index is -1.62. The van der Waals surface area contributed by atoms with Gasteiger partial charge in [-0.05, 0) is 31.4 Å². The molecule has 0 saturated carbocycles. The molecule has 0 heterocycles. The first-order valence-corrected chi connectivity index (χ1v) is 6.40. The highest BCUT2D eigenvalue weighted by atomic mass is 35.6. The number of carbonyl (C=O) groups excluding carboxylic acids is 2. The number of carbonyl (C=O) groups is 2. The fraction of sp³-hybridized carbons (Fsp3) is 0.778. The SMILES string of the molecule is CC(CCCC(=O)Cl)NC(=O)OCC(Cl)(Cl)Cl. The van der Waals surface area contributed by atoms with E-state index in [-0.39, 0.29) is 19.1 Å². The van der Waals surface area contributed by atoms with Crippen LogP contribution < -0.4 is 5.32 Å². The molecule has 0 aromatic rings. The molecule has 0 saturated heterocycles. The zero-order valence-electron chi connectivity index (χ0n) is 9.14. The summed E-state index contributed by atoms with van der Waals surface area (Å²) in [5.41, 5.74) is 0. The first-order chi connectivity index (χ1) is 7.70. The van der Waals surface area contributed by atoms with E-state index in [1.165, 1.54) is 0 Å². The molecule has 0 aliphatic carbocycles. The second-order valence-corrected chi connectivity index (χ2v) is 6.42. The normalized spacial score (nSPS) is 13.0. The lowest BCUT2D eigenvalue weighted by molar-refractivity contribution is -0.111. The van der Waals surface area contributed by atoms with Crippen LogP contribution in [0.1, 0.15) is 26.2 Å². The van der Waals surface area contributed by atoms with E-state index < -0.39 is 15.1 Å². The van der Waals surface area contributed by atoms with E-state index in [9.17, 15) is 9.59 Å². The summed E-state index contributed by atoms with van der Waals surface area (Å²) in [5, 5.41) is 2.14. The first kappa shape index (κ1) is 17.1. The van der Waals surface area contributed by atoms with Crippen LogP contribution >= 0.6 is 46.4 Å². The Morgan fingerprint density at radius 3 is 2.41 bits per heavy atom. The van der Waals surface area contributed by atoms with E-state index in [4.69, 9.17) is 46.4 Å². The van der Waals surface area contributed by atoms with Gasteiger partial charge in [-0.15, -0.1) is 0 Å². The van der Waals surface area contributed by atoms with E-state index in [0.29, 0.717) is 12.8 Å². The van der Waals surface area contributed by atoms with Crippen LogP contribution in [0.15, 0.2) is 0 Å². The number of rotatable bonds is 6. The Balaban J connectivity index is 3.69. The van der Waals surface area contributed by atoms with Crippen molar-refractivity contribution in [3.05, 3.63) is 0 Å². The Labute approximate surface area is 120 Å². The molecule has 1 unspecified atom stereocenters. The molecule has 0 rings (SSSR count). The lowest BCUT2D eigenvalue weighted by atomic mass is 10.1. The Bertz CT molecular complexity index is 267. The third-order valence-corrected chi connectivity index (χ3v) is 2.26. The number of halogens is 4. The molecule has 0 fully saturated rings. The van der Waals surface area contributed by atoms with Crippen LogP contribution in [0.25, 0.3) is 0 Å². The zero-order valence-corrected chi connectivity index (χ0v) is 12.2. The van der Waals surface area contributed by atoms with Gasteiger partial charge in [-0.3, -0.25) is 4.79 Å². The highest BCUT2D eigenvalue weighted by Gasteiger charge is 2.22. The minimum absolute atomic E-state index is 0.145. The smallest absolute Gasteiger partial charge is 0.407 e. The summed E-state index contributed by atoms with van der Waals surface area (Å²) in [4.78, 5) is 21.7. The van der Waals surface area contributed by atoms with E-state index >= 15 is 0 Å². The van der Waals surface area contributed by atoms with E-state index in [0.717, 1.165) is 0 Å². The first-order valence-electron chi connectivity index (χ1n) is 4.89. The molecule has 1 atom stereocenters. The highest BCUT2D eigenvalue weighted by molar-refractivity contribution is 6.67. The Hall–Kier alpha value is 0.1000. The molecule has 1 N–H and O–H groups in total. The van der Waals surface area contributed by atoms with Crippen LogP contribution in [0.5, 0.6) is 0 Å². The van der Waals surface area contributed by atoms with Gasteiger partial charge in [0.15, 0.2) is 0 Å². The second-order valence-electron chi connectivity index (χ2n) is 3.48. The average molecular weight is 325 g/mol. The second kappa shape index (κ2) is 8.25. The number of ether oxygens (including phenoxy) is 1. The quantitative estimate of drug-likeness (QED) is 0.601. The Morgan fingerprint density at radius 2 is 1.94 bits per heavy atom. The molecule has 4 nitrogen and oxygen atoms in total.